The maximum atomic E-state index is 10.2. The fraction of sp³-hybridized carbons (Fsp3) is 0.412. The number of fused-ring (bicyclic) bond motifs is 1. The molecule has 3 nitrogen and oxygen atoms in total. The lowest BCUT2D eigenvalue weighted by atomic mass is 9.93. The van der Waals surface area contributed by atoms with E-state index < -0.39 is 12.1 Å². The average Bonchev–Trinajstić information content (AvgIpc) is 2.47. The van der Waals surface area contributed by atoms with Gasteiger partial charge in [0.05, 0.1) is 18.8 Å². The number of halogens is 1. The first-order valence-electron chi connectivity index (χ1n) is 7.27. The number of hydrogen-bond acceptors (Lipinski definition) is 3. The van der Waals surface area contributed by atoms with E-state index in [4.69, 9.17) is 10.5 Å². The molecule has 3 N–H and O–H groups in total. The quantitative estimate of drug-likeness (QED) is 0.853. The van der Waals surface area contributed by atoms with Crippen LogP contribution in [0.3, 0.4) is 0 Å². The molecule has 2 rings (SSSR count). The lowest BCUT2D eigenvalue weighted by Gasteiger charge is -2.23. The second-order valence-corrected chi connectivity index (χ2v) is 5.01. The summed E-state index contributed by atoms with van der Waals surface area (Å²) in [6.45, 7) is 4.58. The standard InChI is InChI=1S/C17H23NO2.ClH/c1-3-7-14(19)17(18)16-13-9-6-5-8-12(13)10-11-15(16)20-4-2;/h5-6,8-11,14,17,19H,3-4,7,18H2,1-2H3;1H/t14-,17-;/m1./s1. The first-order valence-corrected chi connectivity index (χ1v) is 7.27. The van der Waals surface area contributed by atoms with E-state index in [1.54, 1.807) is 0 Å². The zero-order valence-electron chi connectivity index (χ0n) is 12.6. The topological polar surface area (TPSA) is 55.5 Å². The van der Waals surface area contributed by atoms with Gasteiger partial charge in [0.1, 0.15) is 5.75 Å². The van der Waals surface area contributed by atoms with Gasteiger partial charge in [-0.3, -0.25) is 0 Å². The van der Waals surface area contributed by atoms with E-state index in [9.17, 15) is 5.11 Å². The Balaban J connectivity index is 0.00000220. The summed E-state index contributed by atoms with van der Waals surface area (Å²) in [5.74, 6) is 0.772. The first-order chi connectivity index (χ1) is 9.69. The number of hydrogen-bond donors (Lipinski definition) is 2. The van der Waals surface area contributed by atoms with Crippen molar-refractivity contribution in [1.82, 2.24) is 0 Å². The summed E-state index contributed by atoms with van der Waals surface area (Å²) in [7, 11) is 0. The van der Waals surface area contributed by atoms with Gasteiger partial charge in [-0.05, 0) is 30.2 Å². The molecule has 0 amide bonds. The fourth-order valence-corrected chi connectivity index (χ4v) is 2.57. The van der Waals surface area contributed by atoms with Gasteiger partial charge >= 0.3 is 0 Å². The molecule has 116 valence electrons. The van der Waals surface area contributed by atoms with E-state index in [1.807, 2.05) is 50.2 Å². The predicted octanol–water partition coefficient (Wildman–Crippen LogP) is 3.82. The second-order valence-electron chi connectivity index (χ2n) is 5.01. The number of ether oxygens (including phenoxy) is 1. The van der Waals surface area contributed by atoms with Crippen LogP contribution in [0.4, 0.5) is 0 Å². The molecule has 0 aromatic heterocycles. The summed E-state index contributed by atoms with van der Waals surface area (Å²) in [6.07, 6.45) is 1.05. The molecule has 4 heteroatoms. The van der Waals surface area contributed by atoms with Gasteiger partial charge in [-0.2, -0.15) is 0 Å². The number of nitrogens with two attached hydrogens (primary N) is 1. The van der Waals surface area contributed by atoms with E-state index in [1.165, 1.54) is 0 Å². The van der Waals surface area contributed by atoms with Crippen molar-refractivity contribution in [2.24, 2.45) is 5.73 Å². The van der Waals surface area contributed by atoms with Crippen LogP contribution < -0.4 is 10.5 Å². The molecule has 0 saturated carbocycles. The number of rotatable bonds is 6. The Morgan fingerprint density at radius 3 is 2.52 bits per heavy atom. The zero-order chi connectivity index (χ0) is 14.5. The SMILES string of the molecule is CCC[C@@H](O)[C@@H](N)c1c(OCC)ccc2ccccc12.Cl. The van der Waals surface area contributed by atoms with Gasteiger partial charge in [-0.1, -0.05) is 43.7 Å². The molecule has 2 aromatic carbocycles. The van der Waals surface area contributed by atoms with Crippen LogP contribution in [0.25, 0.3) is 10.8 Å². The molecule has 0 aliphatic heterocycles. The number of aliphatic hydroxyl groups is 1. The lowest BCUT2D eigenvalue weighted by molar-refractivity contribution is 0.133. The summed E-state index contributed by atoms with van der Waals surface area (Å²) < 4.78 is 5.70. The molecule has 0 unspecified atom stereocenters. The molecule has 0 aliphatic rings. The minimum Gasteiger partial charge on any atom is -0.494 e. The van der Waals surface area contributed by atoms with Gasteiger partial charge < -0.3 is 15.6 Å². The molecule has 0 bridgehead atoms. The molecule has 2 aromatic rings. The van der Waals surface area contributed by atoms with Crippen molar-refractivity contribution < 1.29 is 9.84 Å². The Labute approximate surface area is 132 Å². The van der Waals surface area contributed by atoms with Gasteiger partial charge in [0.15, 0.2) is 0 Å². The van der Waals surface area contributed by atoms with Crippen molar-refractivity contribution >= 4 is 23.2 Å². The molecular formula is C17H24ClNO2. The maximum absolute atomic E-state index is 10.2. The fourth-order valence-electron chi connectivity index (χ4n) is 2.57. The Bertz CT molecular complexity index is 574. The summed E-state index contributed by atoms with van der Waals surface area (Å²) in [5, 5.41) is 12.4. The Morgan fingerprint density at radius 2 is 1.86 bits per heavy atom. The zero-order valence-corrected chi connectivity index (χ0v) is 13.4. The summed E-state index contributed by atoms with van der Waals surface area (Å²) in [4.78, 5) is 0. The molecular weight excluding hydrogens is 286 g/mol. The highest BCUT2D eigenvalue weighted by Gasteiger charge is 2.22. The number of benzene rings is 2. The first kappa shape index (κ1) is 17.8. The highest BCUT2D eigenvalue weighted by atomic mass is 35.5. The van der Waals surface area contributed by atoms with Crippen LogP contribution in [0.5, 0.6) is 5.75 Å². The minimum absolute atomic E-state index is 0. The molecule has 0 radical (unpaired) electrons. The smallest absolute Gasteiger partial charge is 0.124 e. The van der Waals surface area contributed by atoms with Crippen molar-refractivity contribution in [2.45, 2.75) is 38.8 Å². The van der Waals surface area contributed by atoms with Gasteiger partial charge in [-0.25, -0.2) is 0 Å². The maximum Gasteiger partial charge on any atom is 0.124 e. The predicted molar refractivity (Wildman–Crippen MR) is 90.2 cm³/mol. The van der Waals surface area contributed by atoms with E-state index >= 15 is 0 Å². The Hall–Kier alpha value is -1.29. The van der Waals surface area contributed by atoms with E-state index in [-0.39, 0.29) is 12.4 Å². The van der Waals surface area contributed by atoms with E-state index in [2.05, 4.69) is 0 Å². The summed E-state index contributed by atoms with van der Waals surface area (Å²) >= 11 is 0. The van der Waals surface area contributed by atoms with Crippen molar-refractivity contribution in [3.8, 4) is 5.75 Å². The Morgan fingerprint density at radius 1 is 1.14 bits per heavy atom. The van der Waals surface area contributed by atoms with Crippen LogP contribution in [0.15, 0.2) is 36.4 Å². The van der Waals surface area contributed by atoms with Crippen LogP contribution in [0, 0.1) is 0 Å². The van der Waals surface area contributed by atoms with Crippen LogP contribution in [0.1, 0.15) is 38.3 Å². The van der Waals surface area contributed by atoms with Crippen LogP contribution in [0.2, 0.25) is 0 Å². The summed E-state index contributed by atoms with van der Waals surface area (Å²) in [5.41, 5.74) is 7.20. The van der Waals surface area contributed by atoms with Crippen molar-refractivity contribution in [3.05, 3.63) is 42.0 Å². The van der Waals surface area contributed by atoms with E-state index in [0.717, 1.165) is 28.5 Å². The van der Waals surface area contributed by atoms with Crippen LogP contribution in [-0.2, 0) is 0 Å². The molecule has 0 fully saturated rings. The third kappa shape index (κ3) is 3.88. The third-order valence-corrected chi connectivity index (χ3v) is 3.56. The largest absolute Gasteiger partial charge is 0.494 e. The second kappa shape index (κ2) is 8.23. The molecule has 0 spiro atoms. The number of aliphatic hydroxyl groups excluding tert-OH is 1. The summed E-state index contributed by atoms with van der Waals surface area (Å²) in [6, 6.07) is 11.6. The van der Waals surface area contributed by atoms with Gasteiger partial charge in [0.2, 0.25) is 0 Å². The van der Waals surface area contributed by atoms with Crippen LogP contribution >= 0.6 is 12.4 Å². The van der Waals surface area contributed by atoms with Crippen LogP contribution in [-0.4, -0.2) is 17.8 Å². The Kier molecular flexibility index (Phi) is 6.96. The van der Waals surface area contributed by atoms with Crippen molar-refractivity contribution in [2.75, 3.05) is 6.61 Å². The highest BCUT2D eigenvalue weighted by Crippen LogP contribution is 2.34. The normalized spacial score (nSPS) is 13.5. The minimum atomic E-state index is -0.551. The van der Waals surface area contributed by atoms with Gasteiger partial charge in [0, 0.05) is 5.56 Å². The monoisotopic (exact) mass is 309 g/mol. The van der Waals surface area contributed by atoms with Gasteiger partial charge in [-0.15, -0.1) is 12.4 Å². The molecule has 0 saturated heterocycles. The highest BCUT2D eigenvalue weighted by molar-refractivity contribution is 5.88. The molecule has 0 aliphatic carbocycles. The van der Waals surface area contributed by atoms with Crippen molar-refractivity contribution in [3.63, 3.8) is 0 Å². The molecule has 0 heterocycles. The molecule has 21 heavy (non-hydrogen) atoms. The lowest BCUT2D eigenvalue weighted by Crippen LogP contribution is -2.26. The van der Waals surface area contributed by atoms with E-state index in [0.29, 0.717) is 13.0 Å². The third-order valence-electron chi connectivity index (χ3n) is 3.56. The molecule has 2 atom stereocenters. The average molecular weight is 310 g/mol. The van der Waals surface area contributed by atoms with Crippen molar-refractivity contribution in [1.29, 1.82) is 0 Å². The van der Waals surface area contributed by atoms with Gasteiger partial charge in [0.25, 0.3) is 0 Å².